The van der Waals surface area contributed by atoms with Crippen LogP contribution in [-0.4, -0.2) is 37.6 Å². The van der Waals surface area contributed by atoms with Crippen molar-refractivity contribution in [1.82, 2.24) is 4.90 Å². The summed E-state index contributed by atoms with van der Waals surface area (Å²) in [6.45, 7) is 5.26. The summed E-state index contributed by atoms with van der Waals surface area (Å²) in [6.07, 6.45) is 11.9. The van der Waals surface area contributed by atoms with Gasteiger partial charge in [-0.25, -0.2) is 0 Å². The number of allylic oxidation sites excluding steroid dienone is 1. The highest BCUT2D eigenvalue weighted by molar-refractivity contribution is 6.43. The maximum atomic E-state index is 6.33. The first-order valence-electron chi connectivity index (χ1n) is 8.82. The highest BCUT2D eigenvalue weighted by Crippen LogP contribution is 2.32. The summed E-state index contributed by atoms with van der Waals surface area (Å²) in [5.74, 6) is 0.829. The monoisotopic (exact) mass is 352 g/mol. The number of hydrogen-bond acceptors (Lipinski definition) is 2. The molecule has 1 aliphatic heterocycles. The van der Waals surface area contributed by atoms with Crippen LogP contribution in [0.4, 0.5) is 5.69 Å². The molecule has 126 valence electrons. The third kappa shape index (κ3) is 4.65. The van der Waals surface area contributed by atoms with Crippen LogP contribution in [0, 0.1) is 5.92 Å². The Morgan fingerprint density at radius 1 is 1.00 bits per heavy atom. The zero-order chi connectivity index (χ0) is 16.1. The Kier molecular flexibility index (Phi) is 6.27. The van der Waals surface area contributed by atoms with Gasteiger partial charge in [0.05, 0.1) is 15.7 Å². The Bertz CT molecular complexity index is 530. The molecule has 23 heavy (non-hydrogen) atoms. The molecular weight excluding hydrogens is 327 g/mol. The minimum Gasteiger partial charge on any atom is -0.368 e. The number of piperazine rings is 1. The van der Waals surface area contributed by atoms with E-state index in [9.17, 15) is 0 Å². The van der Waals surface area contributed by atoms with E-state index in [1.165, 1.54) is 32.1 Å². The number of anilines is 1. The molecule has 0 atom stereocenters. The molecule has 1 aromatic carbocycles. The molecule has 1 aromatic rings. The normalized spacial score (nSPS) is 21.2. The molecule has 0 spiro atoms. The molecule has 2 aliphatic rings. The fraction of sp³-hybridized carbons (Fsp3) is 0.579. The molecule has 4 heteroatoms. The molecule has 0 amide bonds. The van der Waals surface area contributed by atoms with Crippen molar-refractivity contribution in [2.24, 2.45) is 5.92 Å². The van der Waals surface area contributed by atoms with Gasteiger partial charge >= 0.3 is 0 Å². The number of benzene rings is 1. The lowest BCUT2D eigenvalue weighted by molar-refractivity contribution is 0.283. The smallest absolute Gasteiger partial charge is 0.0825 e. The molecule has 1 heterocycles. The van der Waals surface area contributed by atoms with Crippen LogP contribution < -0.4 is 4.90 Å². The van der Waals surface area contributed by atoms with E-state index in [0.29, 0.717) is 10.0 Å². The number of rotatable bonds is 4. The minimum atomic E-state index is 0.641. The molecule has 0 bridgehead atoms. The van der Waals surface area contributed by atoms with Gasteiger partial charge in [0.2, 0.25) is 0 Å². The van der Waals surface area contributed by atoms with E-state index < -0.39 is 0 Å². The summed E-state index contributed by atoms with van der Waals surface area (Å²) in [5.41, 5.74) is 1.07. The summed E-state index contributed by atoms with van der Waals surface area (Å²) in [7, 11) is 0. The second kappa shape index (κ2) is 8.41. The van der Waals surface area contributed by atoms with Gasteiger partial charge < -0.3 is 4.90 Å². The van der Waals surface area contributed by atoms with Gasteiger partial charge in [0.25, 0.3) is 0 Å². The molecule has 0 radical (unpaired) electrons. The van der Waals surface area contributed by atoms with Gasteiger partial charge in [0, 0.05) is 32.7 Å². The quantitative estimate of drug-likeness (QED) is 0.682. The Morgan fingerprint density at radius 2 is 1.74 bits per heavy atom. The van der Waals surface area contributed by atoms with E-state index in [1.54, 1.807) is 0 Å². The average Bonchev–Trinajstić information content (AvgIpc) is 2.59. The summed E-state index contributed by atoms with van der Waals surface area (Å²) in [4.78, 5) is 4.86. The minimum absolute atomic E-state index is 0.641. The van der Waals surface area contributed by atoms with Gasteiger partial charge in [-0.2, -0.15) is 0 Å². The van der Waals surface area contributed by atoms with Crippen molar-refractivity contribution >= 4 is 28.9 Å². The zero-order valence-electron chi connectivity index (χ0n) is 13.7. The van der Waals surface area contributed by atoms with Crippen molar-refractivity contribution < 1.29 is 0 Å². The van der Waals surface area contributed by atoms with Crippen LogP contribution in [0.3, 0.4) is 0 Å². The molecule has 1 saturated carbocycles. The number of hydrogen-bond donors (Lipinski definition) is 0. The highest BCUT2D eigenvalue weighted by atomic mass is 35.5. The van der Waals surface area contributed by atoms with Crippen LogP contribution in [0.15, 0.2) is 30.4 Å². The fourth-order valence-electron chi connectivity index (χ4n) is 3.64. The summed E-state index contributed by atoms with van der Waals surface area (Å²) in [6, 6.07) is 5.88. The van der Waals surface area contributed by atoms with E-state index >= 15 is 0 Å². The van der Waals surface area contributed by atoms with Gasteiger partial charge in [-0.15, -0.1) is 0 Å². The molecule has 0 unspecified atom stereocenters. The zero-order valence-corrected chi connectivity index (χ0v) is 15.2. The standard InChI is InChI=1S/C19H26Cl2N2/c20-17-9-4-10-18(19(17)21)23-14-12-22(13-15-23)11-5-8-16-6-2-1-3-7-16/h4-5,8-10,16H,1-3,6-7,11-15H2/b8-5+. The molecule has 2 fully saturated rings. The Morgan fingerprint density at radius 3 is 2.48 bits per heavy atom. The first-order chi connectivity index (χ1) is 11.2. The molecule has 3 rings (SSSR count). The van der Waals surface area contributed by atoms with Crippen LogP contribution in [0.25, 0.3) is 0 Å². The van der Waals surface area contributed by atoms with Crippen LogP contribution >= 0.6 is 23.2 Å². The molecule has 0 aromatic heterocycles. The second-order valence-electron chi connectivity index (χ2n) is 6.69. The van der Waals surface area contributed by atoms with Crippen molar-refractivity contribution in [1.29, 1.82) is 0 Å². The third-order valence-electron chi connectivity index (χ3n) is 5.07. The highest BCUT2D eigenvalue weighted by Gasteiger charge is 2.19. The molecule has 1 saturated heterocycles. The van der Waals surface area contributed by atoms with Crippen LogP contribution in [0.2, 0.25) is 10.0 Å². The maximum Gasteiger partial charge on any atom is 0.0825 e. The van der Waals surface area contributed by atoms with E-state index in [0.717, 1.165) is 44.3 Å². The van der Waals surface area contributed by atoms with Gasteiger partial charge in [-0.1, -0.05) is 60.7 Å². The van der Waals surface area contributed by atoms with Crippen molar-refractivity contribution in [3.63, 3.8) is 0 Å². The van der Waals surface area contributed by atoms with Crippen molar-refractivity contribution in [3.8, 4) is 0 Å². The van der Waals surface area contributed by atoms with Gasteiger partial charge in [0.15, 0.2) is 0 Å². The maximum absolute atomic E-state index is 6.33. The average molecular weight is 353 g/mol. The predicted molar refractivity (Wildman–Crippen MR) is 101 cm³/mol. The Labute approximate surface area is 150 Å². The molecule has 0 N–H and O–H groups in total. The second-order valence-corrected chi connectivity index (χ2v) is 7.47. The van der Waals surface area contributed by atoms with Gasteiger partial charge in [-0.05, 0) is 30.9 Å². The summed E-state index contributed by atoms with van der Waals surface area (Å²) < 4.78 is 0. The SMILES string of the molecule is Clc1cccc(N2CCN(C/C=C/C3CCCCC3)CC2)c1Cl. The van der Waals surface area contributed by atoms with Gasteiger partial charge in [-0.3, -0.25) is 4.90 Å². The largest absolute Gasteiger partial charge is 0.368 e. The third-order valence-corrected chi connectivity index (χ3v) is 5.87. The molecule has 2 nitrogen and oxygen atoms in total. The lowest BCUT2D eigenvalue weighted by atomic mass is 9.89. The first-order valence-corrected chi connectivity index (χ1v) is 9.57. The van der Waals surface area contributed by atoms with E-state index in [-0.39, 0.29) is 0 Å². The first kappa shape index (κ1) is 17.1. The van der Waals surface area contributed by atoms with Crippen LogP contribution in [-0.2, 0) is 0 Å². The van der Waals surface area contributed by atoms with Crippen molar-refractivity contribution in [2.45, 2.75) is 32.1 Å². The Hall–Kier alpha value is -0.700. The lowest BCUT2D eigenvalue weighted by Gasteiger charge is -2.36. The van der Waals surface area contributed by atoms with Crippen LogP contribution in [0.5, 0.6) is 0 Å². The fourth-order valence-corrected chi connectivity index (χ4v) is 4.05. The summed E-state index contributed by atoms with van der Waals surface area (Å²) >= 11 is 12.5. The Balaban J connectivity index is 1.46. The number of nitrogens with zero attached hydrogens (tertiary/aromatic N) is 2. The summed E-state index contributed by atoms with van der Waals surface area (Å²) in [5, 5.41) is 1.32. The molecular formula is C19H26Cl2N2. The number of halogens is 2. The van der Waals surface area contributed by atoms with Gasteiger partial charge in [0.1, 0.15) is 0 Å². The van der Waals surface area contributed by atoms with E-state index in [2.05, 4.69) is 28.0 Å². The van der Waals surface area contributed by atoms with E-state index in [1.807, 2.05) is 12.1 Å². The lowest BCUT2D eigenvalue weighted by Crippen LogP contribution is -2.46. The van der Waals surface area contributed by atoms with E-state index in [4.69, 9.17) is 23.2 Å². The predicted octanol–water partition coefficient (Wildman–Crippen LogP) is 5.25. The van der Waals surface area contributed by atoms with Crippen molar-refractivity contribution in [2.75, 3.05) is 37.6 Å². The van der Waals surface area contributed by atoms with Crippen LogP contribution in [0.1, 0.15) is 32.1 Å². The molecule has 1 aliphatic carbocycles. The topological polar surface area (TPSA) is 6.48 Å². The van der Waals surface area contributed by atoms with Crippen molar-refractivity contribution in [3.05, 3.63) is 40.4 Å².